The highest BCUT2D eigenvalue weighted by molar-refractivity contribution is 8.07. The summed E-state index contributed by atoms with van der Waals surface area (Å²) in [5, 5.41) is 9.19. The third-order valence-corrected chi connectivity index (χ3v) is 5.53. The van der Waals surface area contributed by atoms with Gasteiger partial charge in [0, 0.05) is 31.6 Å². The van der Waals surface area contributed by atoms with Crippen molar-refractivity contribution in [2.45, 2.75) is 6.18 Å². The molecule has 0 N–H and O–H groups in total. The first kappa shape index (κ1) is 19.3. The van der Waals surface area contributed by atoms with Crippen LogP contribution < -0.4 is 4.52 Å². The van der Waals surface area contributed by atoms with Gasteiger partial charge in [0.05, 0.1) is 11.3 Å². The largest absolute Gasteiger partial charge is 0.417 e. The van der Waals surface area contributed by atoms with Crippen molar-refractivity contribution in [3.63, 3.8) is 0 Å². The summed E-state index contributed by atoms with van der Waals surface area (Å²) in [6.07, 6.45) is -4.78. The Hall–Kier alpha value is -1.98. The molecule has 1 aromatic carbocycles. The number of rotatable bonds is 5. The Morgan fingerprint density at radius 3 is 2.24 bits per heavy atom. The maximum absolute atomic E-state index is 13.4. The summed E-state index contributed by atoms with van der Waals surface area (Å²) in [5.74, 6) is -0.580. The number of nitriles is 1. The molecule has 0 aliphatic rings. The lowest BCUT2D eigenvalue weighted by molar-refractivity contribution is -0.137. The molecule has 0 aliphatic carbocycles. The van der Waals surface area contributed by atoms with Crippen LogP contribution in [0.25, 0.3) is 11.3 Å². The molecule has 0 radical (unpaired) electrons. The van der Waals surface area contributed by atoms with Gasteiger partial charge in [-0.2, -0.15) is 18.4 Å². The van der Waals surface area contributed by atoms with Gasteiger partial charge in [0.1, 0.15) is 11.6 Å². The highest BCUT2D eigenvalue weighted by atomic mass is 32.5. The van der Waals surface area contributed by atoms with Gasteiger partial charge in [0.25, 0.3) is 0 Å². The minimum absolute atomic E-state index is 0.0179. The van der Waals surface area contributed by atoms with E-state index in [1.807, 2.05) is 0 Å². The van der Waals surface area contributed by atoms with Crippen molar-refractivity contribution in [2.75, 3.05) is 14.2 Å². The van der Waals surface area contributed by atoms with Gasteiger partial charge in [-0.15, -0.1) is 0 Å². The predicted octanol–water partition coefficient (Wildman–Crippen LogP) is 4.54. The second kappa shape index (κ2) is 7.50. The third-order valence-electron chi connectivity index (χ3n) is 3.12. The molecule has 0 fully saturated rings. The number of halogens is 3. The van der Waals surface area contributed by atoms with Crippen LogP contribution in [0.3, 0.4) is 0 Å². The van der Waals surface area contributed by atoms with Crippen LogP contribution in [0.5, 0.6) is 5.88 Å². The monoisotopic (exact) mass is 388 g/mol. The van der Waals surface area contributed by atoms with Crippen molar-refractivity contribution in [1.29, 1.82) is 5.26 Å². The number of nitrogens with zero attached hydrogens (tertiary/aromatic N) is 2. The molecule has 5 nitrogen and oxygen atoms in total. The second-order valence-electron chi connectivity index (χ2n) is 4.61. The molecule has 0 bridgehead atoms. The van der Waals surface area contributed by atoms with Crippen LogP contribution in [0.2, 0.25) is 0 Å². The molecule has 2 aromatic rings. The zero-order valence-electron chi connectivity index (χ0n) is 13.1. The van der Waals surface area contributed by atoms with Crippen LogP contribution >= 0.6 is 6.72 Å². The van der Waals surface area contributed by atoms with Crippen molar-refractivity contribution in [3.8, 4) is 23.2 Å². The molecule has 0 saturated carbocycles. The van der Waals surface area contributed by atoms with E-state index >= 15 is 0 Å². The first-order valence-electron chi connectivity index (χ1n) is 6.73. The summed E-state index contributed by atoms with van der Waals surface area (Å²) in [4.78, 5) is 4.03. The quantitative estimate of drug-likeness (QED) is 0.701. The van der Waals surface area contributed by atoms with Gasteiger partial charge >= 0.3 is 12.9 Å². The minimum atomic E-state index is -4.78. The SMILES string of the molecule is COP(=S)(OC)Oc1nc(-c2ccccc2)cc(C(F)(F)F)c1C#N. The summed E-state index contributed by atoms with van der Waals surface area (Å²) >= 11 is 5.00. The fourth-order valence-corrected chi connectivity index (χ4v) is 2.78. The van der Waals surface area contributed by atoms with Crippen LogP contribution in [-0.4, -0.2) is 19.2 Å². The summed E-state index contributed by atoms with van der Waals surface area (Å²) in [5.41, 5.74) is -1.55. The Kier molecular flexibility index (Phi) is 5.80. The number of benzene rings is 1. The van der Waals surface area contributed by atoms with E-state index in [1.54, 1.807) is 30.3 Å². The van der Waals surface area contributed by atoms with Gasteiger partial charge in [-0.3, -0.25) is 0 Å². The smallest absolute Gasteiger partial charge is 0.404 e. The van der Waals surface area contributed by atoms with Gasteiger partial charge in [0.15, 0.2) is 0 Å². The van der Waals surface area contributed by atoms with E-state index in [0.717, 1.165) is 6.07 Å². The fraction of sp³-hybridized carbons (Fsp3) is 0.200. The summed E-state index contributed by atoms with van der Waals surface area (Å²) in [6, 6.07) is 10.5. The topological polar surface area (TPSA) is 64.4 Å². The third kappa shape index (κ3) is 4.35. The van der Waals surface area contributed by atoms with Crippen LogP contribution in [0.15, 0.2) is 36.4 Å². The standard InChI is InChI=1S/C15H12F3N2O3PS/c1-21-24(25,22-2)23-14-11(9-19)12(15(16,17)18)8-13(20-14)10-6-4-3-5-7-10/h3-8H,1-2H3. The maximum Gasteiger partial charge on any atom is 0.417 e. The van der Waals surface area contributed by atoms with E-state index in [4.69, 9.17) is 25.4 Å². The molecule has 0 saturated heterocycles. The van der Waals surface area contributed by atoms with E-state index in [-0.39, 0.29) is 5.69 Å². The lowest BCUT2D eigenvalue weighted by atomic mass is 10.0. The van der Waals surface area contributed by atoms with Crippen molar-refractivity contribution >= 4 is 18.5 Å². The zero-order valence-corrected chi connectivity index (χ0v) is 14.8. The van der Waals surface area contributed by atoms with Crippen LogP contribution in [0, 0.1) is 11.3 Å². The molecule has 0 aliphatic heterocycles. The highest BCUT2D eigenvalue weighted by Gasteiger charge is 2.37. The lowest BCUT2D eigenvalue weighted by Crippen LogP contribution is -2.11. The van der Waals surface area contributed by atoms with Crippen molar-refractivity contribution in [1.82, 2.24) is 4.98 Å². The number of alkyl halides is 3. The molecule has 0 unspecified atom stereocenters. The first-order valence-corrected chi connectivity index (χ1v) is 9.28. The predicted molar refractivity (Wildman–Crippen MR) is 88.3 cm³/mol. The number of hydrogen-bond acceptors (Lipinski definition) is 6. The van der Waals surface area contributed by atoms with E-state index in [9.17, 15) is 18.4 Å². The summed E-state index contributed by atoms with van der Waals surface area (Å²) in [6.45, 7) is -3.37. The highest BCUT2D eigenvalue weighted by Crippen LogP contribution is 2.50. The molecule has 0 atom stereocenters. The Labute approximate surface area is 147 Å². The van der Waals surface area contributed by atoms with E-state index in [2.05, 4.69) is 4.98 Å². The molecule has 1 heterocycles. The zero-order chi connectivity index (χ0) is 18.7. The number of aromatic nitrogens is 1. The van der Waals surface area contributed by atoms with Gasteiger partial charge in [-0.1, -0.05) is 30.3 Å². The van der Waals surface area contributed by atoms with Crippen LogP contribution in [-0.2, 0) is 27.0 Å². The van der Waals surface area contributed by atoms with Gasteiger partial charge in [0.2, 0.25) is 5.88 Å². The summed E-state index contributed by atoms with van der Waals surface area (Å²) < 4.78 is 55.3. The van der Waals surface area contributed by atoms with E-state index in [1.165, 1.54) is 20.3 Å². The Balaban J connectivity index is 2.72. The van der Waals surface area contributed by atoms with Crippen molar-refractivity contribution in [2.24, 2.45) is 0 Å². The van der Waals surface area contributed by atoms with E-state index in [0.29, 0.717) is 5.56 Å². The molecule has 0 amide bonds. The molecule has 0 spiro atoms. The molecule has 25 heavy (non-hydrogen) atoms. The maximum atomic E-state index is 13.4. The molecular formula is C15H12F3N2O3PS. The lowest BCUT2D eigenvalue weighted by Gasteiger charge is -2.20. The van der Waals surface area contributed by atoms with Gasteiger partial charge < -0.3 is 13.6 Å². The Morgan fingerprint density at radius 1 is 1.16 bits per heavy atom. The van der Waals surface area contributed by atoms with E-state index < -0.39 is 29.9 Å². The Bertz CT molecular complexity index is 846. The summed E-state index contributed by atoms with van der Waals surface area (Å²) in [7, 11) is 2.39. The average Bonchev–Trinajstić information content (AvgIpc) is 2.61. The van der Waals surface area contributed by atoms with Gasteiger partial charge in [-0.25, -0.2) is 4.98 Å². The minimum Gasteiger partial charge on any atom is -0.404 e. The molecule has 2 rings (SSSR count). The molecule has 1 aromatic heterocycles. The number of pyridine rings is 1. The molecular weight excluding hydrogens is 376 g/mol. The number of hydrogen-bond donors (Lipinski definition) is 0. The second-order valence-corrected chi connectivity index (χ2v) is 7.76. The van der Waals surface area contributed by atoms with Crippen LogP contribution in [0.4, 0.5) is 13.2 Å². The van der Waals surface area contributed by atoms with Crippen LogP contribution in [0.1, 0.15) is 11.1 Å². The Morgan fingerprint density at radius 2 is 1.76 bits per heavy atom. The average molecular weight is 388 g/mol. The molecule has 132 valence electrons. The fourth-order valence-electron chi connectivity index (χ4n) is 1.93. The van der Waals surface area contributed by atoms with Gasteiger partial charge in [-0.05, 0) is 6.07 Å². The molecule has 10 heteroatoms. The van der Waals surface area contributed by atoms with Crippen molar-refractivity contribution < 1.29 is 26.7 Å². The first-order chi connectivity index (χ1) is 11.7. The van der Waals surface area contributed by atoms with Crippen molar-refractivity contribution in [3.05, 3.63) is 47.5 Å². The normalized spacial score (nSPS) is 11.8.